The number of rotatable bonds is 6. The zero-order chi connectivity index (χ0) is 21.5. The van der Waals surface area contributed by atoms with Crippen molar-refractivity contribution in [2.45, 2.75) is 13.0 Å². The first-order chi connectivity index (χ1) is 14.5. The van der Waals surface area contributed by atoms with Crippen LogP contribution in [0.15, 0.2) is 42.5 Å². The van der Waals surface area contributed by atoms with Crippen molar-refractivity contribution in [3.05, 3.63) is 53.6 Å². The topological polar surface area (TPSA) is 112 Å². The molecule has 0 spiro atoms. The number of imide groups is 1. The van der Waals surface area contributed by atoms with Gasteiger partial charge in [0.05, 0.1) is 12.7 Å². The lowest BCUT2D eigenvalue weighted by molar-refractivity contribution is -0.129. The van der Waals surface area contributed by atoms with Crippen LogP contribution < -0.4 is 24.8 Å². The van der Waals surface area contributed by atoms with E-state index >= 15 is 0 Å². The number of benzene rings is 2. The molecule has 30 heavy (non-hydrogen) atoms. The maximum atomic E-state index is 12.8. The molecule has 9 heteroatoms. The third-order valence-electron chi connectivity index (χ3n) is 4.20. The number of carbonyl (C=O) groups is 3. The van der Waals surface area contributed by atoms with Gasteiger partial charge < -0.3 is 24.3 Å². The molecule has 158 valence electrons. The largest absolute Gasteiger partial charge is 0.493 e. The molecule has 1 aliphatic rings. The van der Waals surface area contributed by atoms with Gasteiger partial charge in [-0.3, -0.25) is 10.1 Å². The molecule has 1 aliphatic heterocycles. The Bertz CT molecular complexity index is 913. The van der Waals surface area contributed by atoms with Gasteiger partial charge in [-0.1, -0.05) is 30.3 Å². The molecule has 0 saturated carbocycles. The number of amides is 3. The second-order valence-corrected chi connectivity index (χ2v) is 6.25. The Kier molecular flexibility index (Phi) is 6.74. The van der Waals surface area contributed by atoms with Crippen LogP contribution in [0.4, 0.5) is 4.79 Å². The lowest BCUT2D eigenvalue weighted by Gasteiger charge is -2.22. The van der Waals surface area contributed by atoms with E-state index in [-0.39, 0.29) is 5.56 Å². The van der Waals surface area contributed by atoms with E-state index in [0.717, 1.165) is 0 Å². The quantitative estimate of drug-likeness (QED) is 0.697. The molecule has 0 unspecified atom stereocenters. The number of hydrogen-bond acceptors (Lipinski definition) is 7. The van der Waals surface area contributed by atoms with Crippen molar-refractivity contribution in [3.8, 4) is 17.2 Å². The van der Waals surface area contributed by atoms with Crippen LogP contribution in [0.2, 0.25) is 0 Å². The number of urea groups is 1. The van der Waals surface area contributed by atoms with E-state index in [2.05, 4.69) is 10.6 Å². The van der Waals surface area contributed by atoms with Gasteiger partial charge in [0.25, 0.3) is 5.91 Å². The van der Waals surface area contributed by atoms with Crippen LogP contribution in [-0.4, -0.2) is 44.8 Å². The Balaban J connectivity index is 1.86. The maximum absolute atomic E-state index is 12.8. The normalized spacial score (nSPS) is 13.0. The number of carbonyl (C=O) groups excluding carboxylic acids is 3. The molecule has 0 fully saturated rings. The summed E-state index contributed by atoms with van der Waals surface area (Å²) in [7, 11) is 1.44. The van der Waals surface area contributed by atoms with Gasteiger partial charge in [-0.15, -0.1) is 0 Å². The molecule has 9 nitrogen and oxygen atoms in total. The average molecular weight is 414 g/mol. The van der Waals surface area contributed by atoms with E-state index in [1.165, 1.54) is 19.2 Å². The van der Waals surface area contributed by atoms with Gasteiger partial charge in [0.2, 0.25) is 11.9 Å². The zero-order valence-electron chi connectivity index (χ0n) is 16.6. The van der Waals surface area contributed by atoms with Gasteiger partial charge in [0, 0.05) is 12.1 Å². The summed E-state index contributed by atoms with van der Waals surface area (Å²) in [5.41, 5.74) is 0.528. The van der Waals surface area contributed by atoms with E-state index in [0.29, 0.717) is 42.6 Å². The monoisotopic (exact) mass is 414 g/mol. The molecule has 0 saturated heterocycles. The molecule has 1 atom stereocenters. The van der Waals surface area contributed by atoms with Crippen molar-refractivity contribution in [3.63, 3.8) is 0 Å². The van der Waals surface area contributed by atoms with Crippen molar-refractivity contribution < 1.29 is 33.3 Å². The molecule has 2 N–H and O–H groups in total. The minimum absolute atomic E-state index is 0.114. The summed E-state index contributed by atoms with van der Waals surface area (Å²) in [6.07, 6.45) is -1.33. The minimum Gasteiger partial charge on any atom is -0.493 e. The highest BCUT2D eigenvalue weighted by Gasteiger charge is 2.28. The summed E-state index contributed by atoms with van der Waals surface area (Å²) in [5, 5.41) is 4.63. The fraction of sp³-hybridized carbons (Fsp3) is 0.286. The third-order valence-corrected chi connectivity index (χ3v) is 4.20. The van der Waals surface area contributed by atoms with Gasteiger partial charge in [0.1, 0.15) is 13.2 Å². The number of ether oxygens (including phenoxy) is 4. The summed E-state index contributed by atoms with van der Waals surface area (Å²) in [5.74, 6) is -0.512. The predicted molar refractivity (Wildman–Crippen MR) is 106 cm³/mol. The summed E-state index contributed by atoms with van der Waals surface area (Å²) < 4.78 is 21.8. The number of hydrogen-bond donors (Lipinski definition) is 2. The molecule has 3 amide bonds. The molecule has 1 heterocycles. The Hall–Kier alpha value is -3.75. The molecule has 2 aromatic rings. The maximum Gasteiger partial charge on any atom is 0.339 e. The van der Waals surface area contributed by atoms with E-state index in [9.17, 15) is 14.4 Å². The van der Waals surface area contributed by atoms with E-state index in [1.54, 1.807) is 37.3 Å². The van der Waals surface area contributed by atoms with Gasteiger partial charge in [-0.25, -0.2) is 9.59 Å². The number of fused-ring (bicyclic) bond motifs is 1. The lowest BCUT2D eigenvalue weighted by atomic mass is 10.1. The van der Waals surface area contributed by atoms with Crippen LogP contribution in [0.5, 0.6) is 17.2 Å². The second kappa shape index (κ2) is 9.64. The molecule has 2 aromatic carbocycles. The van der Waals surface area contributed by atoms with Crippen LogP contribution in [-0.2, 0) is 9.53 Å². The fourth-order valence-corrected chi connectivity index (χ4v) is 2.85. The first kappa shape index (κ1) is 21.0. The molecular formula is C21H22N2O7. The highest BCUT2D eigenvalue weighted by molar-refractivity contribution is 5.99. The van der Waals surface area contributed by atoms with E-state index in [1.807, 2.05) is 0 Å². The standard InChI is InChI=1S/C21H22N2O7/c1-3-22-21(26)23-19(24)17(13-7-5-4-6-8-13)30-20(25)14-11-15(27-2)18-16(12-14)28-9-10-29-18/h4-8,11-12,17H,3,9-10H2,1-2H3,(H2,22,23,24,26)/t17-/m0/s1. The number of nitrogens with one attached hydrogen (secondary N) is 2. The van der Waals surface area contributed by atoms with Crippen LogP contribution in [0, 0.1) is 0 Å². The number of esters is 1. The minimum atomic E-state index is -1.33. The first-order valence-electron chi connectivity index (χ1n) is 9.35. The van der Waals surface area contributed by atoms with Crippen molar-refractivity contribution in [1.82, 2.24) is 10.6 Å². The Morgan fingerprint density at radius 1 is 1.10 bits per heavy atom. The van der Waals surface area contributed by atoms with Crippen molar-refractivity contribution >= 4 is 17.9 Å². The second-order valence-electron chi connectivity index (χ2n) is 6.25. The van der Waals surface area contributed by atoms with Crippen LogP contribution in [0.3, 0.4) is 0 Å². The molecule has 0 bridgehead atoms. The predicted octanol–water partition coefficient (Wildman–Crippen LogP) is 2.21. The molecule has 0 aromatic heterocycles. The van der Waals surface area contributed by atoms with Crippen LogP contribution in [0.1, 0.15) is 28.9 Å². The highest BCUT2D eigenvalue weighted by atomic mass is 16.6. The van der Waals surface area contributed by atoms with Crippen molar-refractivity contribution in [2.24, 2.45) is 0 Å². The van der Waals surface area contributed by atoms with Crippen LogP contribution in [0.25, 0.3) is 0 Å². The zero-order valence-corrected chi connectivity index (χ0v) is 16.6. The Morgan fingerprint density at radius 3 is 2.53 bits per heavy atom. The lowest BCUT2D eigenvalue weighted by Crippen LogP contribution is -2.42. The van der Waals surface area contributed by atoms with Gasteiger partial charge in [0.15, 0.2) is 11.5 Å². The van der Waals surface area contributed by atoms with Gasteiger partial charge in [-0.05, 0) is 19.1 Å². The third kappa shape index (κ3) is 4.80. The summed E-state index contributed by atoms with van der Waals surface area (Å²) in [6.45, 7) is 2.75. The first-order valence-corrected chi connectivity index (χ1v) is 9.35. The SMILES string of the molecule is CCNC(=O)NC(=O)[C@@H](OC(=O)c1cc(OC)c2c(c1)OCCO2)c1ccccc1. The summed E-state index contributed by atoms with van der Waals surface area (Å²) >= 11 is 0. The van der Waals surface area contributed by atoms with Crippen molar-refractivity contribution in [2.75, 3.05) is 26.9 Å². The molecule has 3 rings (SSSR count). The van der Waals surface area contributed by atoms with Crippen LogP contribution >= 0.6 is 0 Å². The molecule has 0 radical (unpaired) electrons. The summed E-state index contributed by atoms with van der Waals surface area (Å²) in [4.78, 5) is 37.2. The Labute approximate surface area is 173 Å². The van der Waals surface area contributed by atoms with Crippen molar-refractivity contribution in [1.29, 1.82) is 0 Å². The fourth-order valence-electron chi connectivity index (χ4n) is 2.85. The molecule has 0 aliphatic carbocycles. The highest BCUT2D eigenvalue weighted by Crippen LogP contribution is 2.40. The van der Waals surface area contributed by atoms with Gasteiger partial charge >= 0.3 is 12.0 Å². The van der Waals surface area contributed by atoms with Gasteiger partial charge in [-0.2, -0.15) is 0 Å². The number of methoxy groups -OCH3 is 1. The van der Waals surface area contributed by atoms with E-state index in [4.69, 9.17) is 18.9 Å². The summed E-state index contributed by atoms with van der Waals surface area (Å²) in [6, 6.07) is 10.6. The van der Waals surface area contributed by atoms with E-state index < -0.39 is 24.0 Å². The average Bonchev–Trinajstić information content (AvgIpc) is 2.77. The smallest absolute Gasteiger partial charge is 0.339 e. The molecular weight excluding hydrogens is 392 g/mol. The Morgan fingerprint density at radius 2 is 1.83 bits per heavy atom.